The minimum Gasteiger partial charge on any atom is -0.480 e. The molecule has 0 rings (SSSR count). The van der Waals surface area contributed by atoms with Gasteiger partial charge in [0.15, 0.2) is 5.96 Å². The Balaban J connectivity index is 0. The van der Waals surface area contributed by atoms with Gasteiger partial charge in [-0.05, 0) is 12.8 Å². The minimum atomic E-state index is -1.00. The SMILES string of the molecule is NC(N)=NCCCC(N)C(=O)O.[Si]. The summed E-state index contributed by atoms with van der Waals surface area (Å²) in [4.78, 5) is 13.9. The molecule has 0 heterocycles. The Morgan fingerprint density at radius 1 is 1.46 bits per heavy atom. The largest absolute Gasteiger partial charge is 0.480 e. The lowest BCUT2D eigenvalue weighted by Gasteiger charge is -2.03. The Kier molecular flexibility index (Phi) is 8.40. The predicted octanol–water partition coefficient (Wildman–Crippen LogP) is -1.93. The van der Waals surface area contributed by atoms with Gasteiger partial charge >= 0.3 is 5.97 Å². The first-order valence-electron chi connectivity index (χ1n) is 3.58. The molecule has 1 unspecified atom stereocenters. The van der Waals surface area contributed by atoms with Gasteiger partial charge in [-0.2, -0.15) is 0 Å². The molecular formula is C6H14N4O2Si. The summed E-state index contributed by atoms with van der Waals surface area (Å²) in [6, 6.07) is -0.820. The summed E-state index contributed by atoms with van der Waals surface area (Å²) in [6.07, 6.45) is 0.956. The van der Waals surface area contributed by atoms with Gasteiger partial charge in [0.2, 0.25) is 0 Å². The van der Waals surface area contributed by atoms with Crippen molar-refractivity contribution >= 4 is 22.9 Å². The van der Waals surface area contributed by atoms with Crippen molar-refractivity contribution in [1.82, 2.24) is 0 Å². The molecule has 4 radical (unpaired) electrons. The number of carbonyl (C=O) groups is 1. The molecule has 0 fully saturated rings. The summed E-state index contributed by atoms with van der Waals surface area (Å²) in [6.45, 7) is 0.420. The molecule has 0 amide bonds. The topological polar surface area (TPSA) is 128 Å². The van der Waals surface area contributed by atoms with Gasteiger partial charge in [0.1, 0.15) is 6.04 Å². The van der Waals surface area contributed by atoms with Gasteiger partial charge in [-0.1, -0.05) is 0 Å². The van der Waals surface area contributed by atoms with E-state index in [4.69, 9.17) is 22.3 Å². The molecule has 1 atom stereocenters. The zero-order valence-corrected chi connectivity index (χ0v) is 8.23. The monoisotopic (exact) mass is 202 g/mol. The second kappa shape index (κ2) is 7.56. The highest BCUT2D eigenvalue weighted by atomic mass is 28.1. The molecule has 7 N–H and O–H groups in total. The Morgan fingerprint density at radius 2 is 2.00 bits per heavy atom. The summed E-state index contributed by atoms with van der Waals surface area (Å²) in [7, 11) is 0. The Morgan fingerprint density at radius 3 is 2.38 bits per heavy atom. The Bertz CT molecular complexity index is 181. The molecular weight excluding hydrogens is 188 g/mol. The van der Waals surface area contributed by atoms with Gasteiger partial charge in [0.05, 0.1) is 0 Å². The van der Waals surface area contributed by atoms with Crippen molar-refractivity contribution < 1.29 is 9.90 Å². The van der Waals surface area contributed by atoms with Crippen LogP contribution in [-0.2, 0) is 4.79 Å². The molecule has 0 aromatic rings. The second-order valence-corrected chi connectivity index (χ2v) is 2.39. The maximum absolute atomic E-state index is 10.2. The van der Waals surface area contributed by atoms with Crippen molar-refractivity contribution in [1.29, 1.82) is 0 Å². The number of rotatable bonds is 5. The number of hydrogen-bond donors (Lipinski definition) is 4. The molecule has 0 aromatic heterocycles. The first kappa shape index (κ1) is 14.4. The van der Waals surface area contributed by atoms with Gasteiger partial charge in [-0.25, -0.2) is 0 Å². The number of nitrogens with two attached hydrogens (primary N) is 3. The van der Waals surface area contributed by atoms with Gasteiger partial charge in [0, 0.05) is 17.5 Å². The molecule has 0 saturated heterocycles. The fourth-order valence-corrected chi connectivity index (χ4v) is 0.643. The smallest absolute Gasteiger partial charge is 0.320 e. The minimum absolute atomic E-state index is 0. The van der Waals surface area contributed by atoms with Crippen LogP contribution >= 0.6 is 0 Å². The van der Waals surface area contributed by atoms with E-state index in [1.807, 2.05) is 0 Å². The van der Waals surface area contributed by atoms with E-state index in [1.165, 1.54) is 0 Å². The first-order chi connectivity index (χ1) is 5.54. The molecule has 13 heavy (non-hydrogen) atoms. The van der Waals surface area contributed by atoms with Crippen LogP contribution in [0.2, 0.25) is 0 Å². The number of aliphatic carboxylic acids is 1. The van der Waals surface area contributed by atoms with Gasteiger partial charge in [-0.3, -0.25) is 9.79 Å². The average molecular weight is 202 g/mol. The van der Waals surface area contributed by atoms with Crippen LogP contribution in [0.1, 0.15) is 12.8 Å². The molecule has 0 aliphatic heterocycles. The van der Waals surface area contributed by atoms with Crippen molar-refractivity contribution in [2.24, 2.45) is 22.2 Å². The first-order valence-corrected chi connectivity index (χ1v) is 3.58. The summed E-state index contributed by atoms with van der Waals surface area (Å²) >= 11 is 0. The van der Waals surface area contributed by atoms with Crippen LogP contribution in [0, 0.1) is 0 Å². The van der Waals surface area contributed by atoms with Crippen LogP contribution in [0.15, 0.2) is 4.99 Å². The van der Waals surface area contributed by atoms with E-state index in [0.717, 1.165) is 0 Å². The van der Waals surface area contributed by atoms with E-state index < -0.39 is 12.0 Å². The lowest BCUT2D eigenvalue weighted by molar-refractivity contribution is -0.138. The molecule has 0 aromatic carbocycles. The summed E-state index contributed by atoms with van der Waals surface area (Å²) in [5, 5.41) is 8.38. The third-order valence-electron chi connectivity index (χ3n) is 1.28. The number of aliphatic imine (C=N–C) groups is 1. The molecule has 7 heteroatoms. The van der Waals surface area contributed by atoms with Crippen LogP contribution in [0.25, 0.3) is 0 Å². The highest BCUT2D eigenvalue weighted by Gasteiger charge is 2.09. The van der Waals surface area contributed by atoms with Crippen molar-refractivity contribution in [2.75, 3.05) is 6.54 Å². The van der Waals surface area contributed by atoms with E-state index >= 15 is 0 Å². The van der Waals surface area contributed by atoms with Crippen LogP contribution < -0.4 is 17.2 Å². The van der Waals surface area contributed by atoms with Crippen molar-refractivity contribution in [3.63, 3.8) is 0 Å². The van der Waals surface area contributed by atoms with E-state index in [1.54, 1.807) is 0 Å². The summed E-state index contributed by atoms with van der Waals surface area (Å²) < 4.78 is 0. The highest BCUT2D eigenvalue weighted by molar-refractivity contribution is 5.76. The molecule has 0 spiro atoms. The maximum Gasteiger partial charge on any atom is 0.320 e. The van der Waals surface area contributed by atoms with E-state index in [2.05, 4.69) is 4.99 Å². The van der Waals surface area contributed by atoms with Gasteiger partial charge in [0.25, 0.3) is 0 Å². The van der Waals surface area contributed by atoms with Crippen LogP contribution in [0.4, 0.5) is 0 Å². The standard InChI is InChI=1S/C6H14N4O2.Si/c7-4(5(11)12)2-1-3-10-6(8)9;/h4H,1-3,7H2,(H,11,12)(H4,8,9,10);. The van der Waals surface area contributed by atoms with Crippen molar-refractivity contribution in [2.45, 2.75) is 18.9 Å². The maximum atomic E-state index is 10.2. The van der Waals surface area contributed by atoms with E-state index in [0.29, 0.717) is 19.4 Å². The van der Waals surface area contributed by atoms with Crippen LogP contribution in [-0.4, -0.2) is 40.6 Å². The Labute approximate surface area is 81.2 Å². The average Bonchev–Trinajstić information content (AvgIpc) is 1.97. The second-order valence-electron chi connectivity index (χ2n) is 2.39. The van der Waals surface area contributed by atoms with Gasteiger partial charge in [-0.15, -0.1) is 0 Å². The number of guanidine groups is 1. The molecule has 0 aliphatic rings. The highest BCUT2D eigenvalue weighted by Crippen LogP contribution is 1.94. The molecule has 74 valence electrons. The third-order valence-corrected chi connectivity index (χ3v) is 1.28. The lowest BCUT2D eigenvalue weighted by Crippen LogP contribution is -2.30. The van der Waals surface area contributed by atoms with Gasteiger partial charge < -0.3 is 22.3 Å². The number of carboxylic acids is 1. The number of nitrogens with zero attached hydrogens (tertiary/aromatic N) is 1. The molecule has 6 nitrogen and oxygen atoms in total. The number of hydrogen-bond acceptors (Lipinski definition) is 3. The normalized spacial score (nSPS) is 11.2. The lowest BCUT2D eigenvalue weighted by atomic mass is 10.2. The zero-order valence-electron chi connectivity index (χ0n) is 7.23. The zero-order chi connectivity index (χ0) is 9.56. The fraction of sp³-hybridized carbons (Fsp3) is 0.667. The number of carboxylic acid groups (broad SMARTS) is 1. The third kappa shape index (κ3) is 8.83. The quantitative estimate of drug-likeness (QED) is 0.179. The summed E-state index contributed by atoms with van der Waals surface area (Å²) in [5.74, 6) is -0.987. The van der Waals surface area contributed by atoms with Crippen LogP contribution in [0.3, 0.4) is 0 Å². The van der Waals surface area contributed by atoms with Crippen molar-refractivity contribution in [3.8, 4) is 0 Å². The van der Waals surface area contributed by atoms with E-state index in [9.17, 15) is 4.79 Å². The summed E-state index contributed by atoms with van der Waals surface area (Å²) in [5.41, 5.74) is 15.3. The molecule has 0 bridgehead atoms. The van der Waals surface area contributed by atoms with Crippen molar-refractivity contribution in [3.05, 3.63) is 0 Å². The Hall–Kier alpha value is -1.08. The molecule has 0 aliphatic carbocycles. The predicted molar refractivity (Wildman–Crippen MR) is 51.3 cm³/mol. The van der Waals surface area contributed by atoms with Crippen LogP contribution in [0.5, 0.6) is 0 Å². The molecule has 0 saturated carbocycles. The van der Waals surface area contributed by atoms with E-state index in [-0.39, 0.29) is 16.9 Å². The fourth-order valence-electron chi connectivity index (χ4n) is 0.643.